The van der Waals surface area contributed by atoms with E-state index in [4.69, 9.17) is 30.4 Å². The van der Waals surface area contributed by atoms with Gasteiger partial charge in [-0.05, 0) is 0 Å². The summed E-state index contributed by atoms with van der Waals surface area (Å²) in [4.78, 5) is 23.5. The zero-order valence-corrected chi connectivity index (χ0v) is 17.9. The van der Waals surface area contributed by atoms with Crippen LogP contribution in [0.1, 0.15) is 27.1 Å². The lowest BCUT2D eigenvalue weighted by Crippen LogP contribution is -2.10. The molecular weight excluding hydrogens is 408 g/mol. The van der Waals surface area contributed by atoms with Crippen LogP contribution in [-0.2, 0) is 9.47 Å². The molecule has 0 radical (unpaired) electrons. The van der Waals surface area contributed by atoms with Crippen LogP contribution in [0.4, 0.5) is 11.4 Å². The molecule has 0 saturated carbocycles. The van der Waals surface area contributed by atoms with Crippen LogP contribution in [-0.4, -0.2) is 53.6 Å². The number of nitrogens with two attached hydrogens (primary N) is 2. The van der Waals surface area contributed by atoms with Gasteiger partial charge in [-0.1, -0.05) is 0 Å². The fraction of sp³-hybridized carbons (Fsp3) is 0.333. The number of nitrogen functional groups attached to an aromatic ring is 2. The Hall–Kier alpha value is -3.82. The van der Waals surface area contributed by atoms with Gasteiger partial charge in [0.25, 0.3) is 0 Å². The quantitative estimate of drug-likeness (QED) is 0.325. The maximum atomic E-state index is 11.7. The summed E-state index contributed by atoms with van der Waals surface area (Å²) in [5.41, 5.74) is 12.6. The number of carbonyl (C=O) groups excluding carboxylic acids is 2. The number of hydrogen-bond acceptors (Lipinski definition) is 10. The van der Waals surface area contributed by atoms with Crippen molar-refractivity contribution in [3.63, 3.8) is 0 Å². The van der Waals surface area contributed by atoms with Gasteiger partial charge in [-0.2, -0.15) is 0 Å². The summed E-state index contributed by atoms with van der Waals surface area (Å²) < 4.78 is 31.3. The molecule has 2 rings (SSSR count). The third-order valence-electron chi connectivity index (χ3n) is 4.29. The molecule has 2 aromatic rings. The predicted molar refractivity (Wildman–Crippen MR) is 113 cm³/mol. The summed E-state index contributed by atoms with van der Waals surface area (Å²) in [7, 11) is 5.45. The lowest BCUT2D eigenvalue weighted by molar-refractivity contribution is 0.0592. The van der Waals surface area contributed by atoms with Crippen molar-refractivity contribution in [2.75, 3.05) is 53.1 Å². The number of rotatable bonds is 10. The van der Waals surface area contributed by atoms with E-state index in [-0.39, 0.29) is 35.7 Å². The van der Waals surface area contributed by atoms with Gasteiger partial charge in [-0.3, -0.25) is 0 Å². The van der Waals surface area contributed by atoms with Gasteiger partial charge in [0.05, 0.1) is 64.2 Å². The average Bonchev–Trinajstić information content (AvgIpc) is 2.78. The van der Waals surface area contributed by atoms with E-state index in [1.165, 1.54) is 52.7 Å². The Bertz CT molecular complexity index is 870. The monoisotopic (exact) mass is 434 g/mol. The van der Waals surface area contributed by atoms with Gasteiger partial charge in [0.1, 0.15) is 0 Å². The molecule has 168 valence electrons. The molecule has 0 aliphatic rings. The second kappa shape index (κ2) is 10.8. The van der Waals surface area contributed by atoms with Gasteiger partial charge in [-0.15, -0.1) is 0 Å². The molecule has 0 aliphatic heterocycles. The predicted octanol–water partition coefficient (Wildman–Crippen LogP) is 2.29. The normalized spacial score (nSPS) is 10.2. The lowest BCUT2D eigenvalue weighted by Gasteiger charge is -2.15. The molecule has 0 heterocycles. The molecule has 0 spiro atoms. The number of esters is 2. The van der Waals surface area contributed by atoms with Gasteiger partial charge in [0, 0.05) is 30.7 Å². The van der Waals surface area contributed by atoms with Crippen molar-refractivity contribution in [2.24, 2.45) is 0 Å². The van der Waals surface area contributed by atoms with Crippen molar-refractivity contribution in [2.45, 2.75) is 6.42 Å². The maximum Gasteiger partial charge on any atom is 0.340 e. The minimum atomic E-state index is -0.567. The van der Waals surface area contributed by atoms with Crippen molar-refractivity contribution < 1.29 is 38.0 Å². The maximum absolute atomic E-state index is 11.7. The van der Waals surface area contributed by atoms with E-state index in [0.717, 1.165) is 0 Å². The van der Waals surface area contributed by atoms with Crippen molar-refractivity contribution in [1.82, 2.24) is 0 Å². The van der Waals surface area contributed by atoms with Crippen molar-refractivity contribution in [3.8, 4) is 23.0 Å². The van der Waals surface area contributed by atoms with Gasteiger partial charge >= 0.3 is 11.9 Å². The number of carbonyl (C=O) groups is 2. The first kappa shape index (κ1) is 23.5. The van der Waals surface area contributed by atoms with Crippen LogP contribution in [0.2, 0.25) is 0 Å². The fourth-order valence-electron chi connectivity index (χ4n) is 2.69. The highest BCUT2D eigenvalue weighted by Crippen LogP contribution is 2.34. The first-order valence-corrected chi connectivity index (χ1v) is 9.23. The van der Waals surface area contributed by atoms with Crippen molar-refractivity contribution in [1.29, 1.82) is 0 Å². The van der Waals surface area contributed by atoms with Crippen LogP contribution in [0.25, 0.3) is 0 Å². The summed E-state index contributed by atoms with van der Waals surface area (Å²) in [6, 6.07) is 5.93. The zero-order chi connectivity index (χ0) is 23.0. The average molecular weight is 434 g/mol. The molecule has 4 N–H and O–H groups in total. The third kappa shape index (κ3) is 5.62. The minimum absolute atomic E-state index is 0.190. The van der Waals surface area contributed by atoms with Crippen molar-refractivity contribution >= 4 is 23.3 Å². The lowest BCUT2D eigenvalue weighted by atomic mass is 10.1. The van der Waals surface area contributed by atoms with Crippen LogP contribution in [0.15, 0.2) is 24.3 Å². The van der Waals surface area contributed by atoms with Crippen LogP contribution < -0.4 is 30.4 Å². The zero-order valence-electron chi connectivity index (χ0n) is 17.9. The molecule has 0 aliphatic carbocycles. The summed E-state index contributed by atoms with van der Waals surface area (Å²) in [6.45, 7) is 0.566. The molecular formula is C21H26N2O8. The van der Waals surface area contributed by atoms with Crippen LogP contribution in [0.5, 0.6) is 23.0 Å². The largest absolute Gasteiger partial charge is 0.493 e. The first-order chi connectivity index (χ1) is 14.9. The highest BCUT2D eigenvalue weighted by Gasteiger charge is 2.17. The van der Waals surface area contributed by atoms with E-state index in [1.807, 2.05) is 0 Å². The Kier molecular flexibility index (Phi) is 8.18. The molecule has 0 fully saturated rings. The molecule has 10 heteroatoms. The Balaban J connectivity index is 1.98. The van der Waals surface area contributed by atoms with E-state index < -0.39 is 11.9 Å². The summed E-state index contributed by atoms with van der Waals surface area (Å²) in [6.07, 6.45) is 0.504. The number of hydrogen-bond donors (Lipinski definition) is 2. The Morgan fingerprint density at radius 2 is 1.06 bits per heavy atom. The second-order valence-corrected chi connectivity index (χ2v) is 6.21. The summed E-state index contributed by atoms with van der Waals surface area (Å²) in [5.74, 6) is 0.338. The smallest absolute Gasteiger partial charge is 0.340 e. The van der Waals surface area contributed by atoms with Crippen LogP contribution in [0, 0.1) is 0 Å². The van der Waals surface area contributed by atoms with E-state index >= 15 is 0 Å². The minimum Gasteiger partial charge on any atom is -0.493 e. The van der Waals surface area contributed by atoms with E-state index in [1.54, 1.807) is 0 Å². The molecule has 0 bridgehead atoms. The summed E-state index contributed by atoms with van der Waals surface area (Å²) >= 11 is 0. The second-order valence-electron chi connectivity index (χ2n) is 6.21. The van der Waals surface area contributed by atoms with E-state index in [0.29, 0.717) is 29.4 Å². The third-order valence-corrected chi connectivity index (χ3v) is 4.29. The molecule has 0 amide bonds. The highest BCUT2D eigenvalue weighted by molar-refractivity contribution is 5.96. The van der Waals surface area contributed by atoms with Gasteiger partial charge in [-0.25, -0.2) is 9.59 Å². The highest BCUT2D eigenvalue weighted by atomic mass is 16.5. The Morgan fingerprint density at radius 3 is 1.39 bits per heavy atom. The topological polar surface area (TPSA) is 142 Å². The van der Waals surface area contributed by atoms with Crippen LogP contribution >= 0.6 is 0 Å². The fourth-order valence-corrected chi connectivity index (χ4v) is 2.69. The SMILES string of the molecule is COC(=O)c1cc(OC)c(OCCCOc2cc(N)c(C(=O)OC)cc2OC)cc1N. The molecule has 2 aromatic carbocycles. The number of benzene rings is 2. The van der Waals surface area contributed by atoms with Gasteiger partial charge < -0.3 is 39.9 Å². The van der Waals surface area contributed by atoms with E-state index in [9.17, 15) is 9.59 Å². The standard InChI is InChI=1S/C21H26N2O8/c1-26-16-8-12(20(24)28-3)14(22)10-18(16)30-6-5-7-31-19-11-15(23)13(21(25)29-4)9-17(19)27-2/h8-11H,5-7,22-23H2,1-4H3. The number of ether oxygens (including phenoxy) is 6. The van der Waals surface area contributed by atoms with Crippen LogP contribution in [0.3, 0.4) is 0 Å². The molecule has 31 heavy (non-hydrogen) atoms. The van der Waals surface area contributed by atoms with Crippen molar-refractivity contribution in [3.05, 3.63) is 35.4 Å². The Morgan fingerprint density at radius 1 is 0.677 bits per heavy atom. The Labute approximate surface area is 179 Å². The van der Waals surface area contributed by atoms with E-state index in [2.05, 4.69) is 9.47 Å². The summed E-state index contributed by atoms with van der Waals surface area (Å²) in [5, 5.41) is 0. The molecule has 0 saturated heterocycles. The number of methoxy groups -OCH3 is 4. The molecule has 0 atom stereocenters. The molecule has 10 nitrogen and oxygen atoms in total. The molecule has 0 aromatic heterocycles. The molecule has 0 unspecified atom stereocenters. The number of anilines is 2. The van der Waals surface area contributed by atoms with Gasteiger partial charge in [0.15, 0.2) is 23.0 Å². The van der Waals surface area contributed by atoms with Gasteiger partial charge in [0.2, 0.25) is 0 Å². The first-order valence-electron chi connectivity index (χ1n) is 9.23.